The Morgan fingerprint density at radius 3 is 2.65 bits per heavy atom. The molecule has 3 aromatic heterocycles. The van der Waals surface area contributed by atoms with E-state index in [1.807, 2.05) is 20.8 Å². The number of nitrogens with one attached hydrogen (secondary N) is 1. The second-order valence-electron chi connectivity index (χ2n) is 7.05. The van der Waals surface area contributed by atoms with Gasteiger partial charge < -0.3 is 5.32 Å². The van der Waals surface area contributed by atoms with Gasteiger partial charge in [-0.2, -0.15) is 19.7 Å². The third kappa shape index (κ3) is 2.95. The molecular weight excluding hydrogens is 330 g/mol. The molecule has 26 heavy (non-hydrogen) atoms. The number of hydrogen-bond donors (Lipinski definition) is 1. The fraction of sp³-hybridized carbons (Fsp3) is 0.500. The van der Waals surface area contributed by atoms with Gasteiger partial charge in [-0.15, -0.1) is 0 Å². The van der Waals surface area contributed by atoms with Crippen LogP contribution in [0.4, 0.5) is 5.82 Å². The molecule has 3 aromatic rings. The van der Waals surface area contributed by atoms with Gasteiger partial charge in [0.2, 0.25) is 0 Å². The van der Waals surface area contributed by atoms with E-state index in [0.717, 1.165) is 48.5 Å². The van der Waals surface area contributed by atoms with Gasteiger partial charge in [-0.25, -0.2) is 9.67 Å². The molecule has 1 aliphatic carbocycles. The van der Waals surface area contributed by atoms with Crippen molar-refractivity contribution < 1.29 is 0 Å². The van der Waals surface area contributed by atoms with Crippen LogP contribution in [0.1, 0.15) is 48.7 Å². The summed E-state index contributed by atoms with van der Waals surface area (Å²) in [6, 6.07) is 3.88. The molecule has 8 heteroatoms. The topological polar surface area (TPSA) is 90.0 Å². The molecule has 0 spiro atoms. The van der Waals surface area contributed by atoms with E-state index in [1.54, 1.807) is 21.3 Å². The molecule has 1 saturated carbocycles. The normalized spacial score (nSPS) is 20.4. The lowest BCUT2D eigenvalue weighted by molar-refractivity contribution is 0.302. The van der Waals surface area contributed by atoms with Gasteiger partial charge in [-0.05, 0) is 52.5 Å². The van der Waals surface area contributed by atoms with Crippen molar-refractivity contribution in [1.82, 2.24) is 29.4 Å². The Balaban J connectivity index is 1.51. The monoisotopic (exact) mass is 353 g/mol. The Labute approximate surface area is 151 Å². The summed E-state index contributed by atoms with van der Waals surface area (Å²) in [5.41, 5.74) is 2.90. The van der Waals surface area contributed by atoms with Crippen LogP contribution in [0.15, 0.2) is 23.3 Å². The highest BCUT2D eigenvalue weighted by molar-refractivity contribution is 5.52. The summed E-state index contributed by atoms with van der Waals surface area (Å²) in [6.07, 6.45) is 5.34. The van der Waals surface area contributed by atoms with E-state index in [9.17, 15) is 4.79 Å². The Morgan fingerprint density at radius 1 is 1.12 bits per heavy atom. The van der Waals surface area contributed by atoms with Crippen LogP contribution in [-0.4, -0.2) is 35.4 Å². The van der Waals surface area contributed by atoms with Gasteiger partial charge >= 0.3 is 0 Å². The predicted octanol–water partition coefficient (Wildman–Crippen LogP) is 2.20. The fourth-order valence-electron chi connectivity index (χ4n) is 3.64. The first-order chi connectivity index (χ1) is 12.5. The number of anilines is 1. The standard InChI is InChI=1S/C18H23N7O/c1-11-4-9-16(26)24(23-11)15-7-5-14(6-8-15)22-17-12(2)13(3)21-18-19-10-20-25(17)18/h4,9-10,14-15,22H,5-8H2,1-3H3. The summed E-state index contributed by atoms with van der Waals surface area (Å²) < 4.78 is 3.42. The van der Waals surface area contributed by atoms with Crippen LogP contribution in [0, 0.1) is 20.8 Å². The van der Waals surface area contributed by atoms with E-state index in [4.69, 9.17) is 0 Å². The van der Waals surface area contributed by atoms with Gasteiger partial charge in [-0.1, -0.05) is 0 Å². The Morgan fingerprint density at radius 2 is 1.88 bits per heavy atom. The van der Waals surface area contributed by atoms with E-state index < -0.39 is 0 Å². The Bertz CT molecular complexity index is 998. The van der Waals surface area contributed by atoms with E-state index in [2.05, 4.69) is 25.5 Å². The molecule has 0 amide bonds. The van der Waals surface area contributed by atoms with Gasteiger partial charge in [0.1, 0.15) is 12.1 Å². The largest absolute Gasteiger partial charge is 0.367 e. The molecular formula is C18H23N7O. The van der Waals surface area contributed by atoms with Crippen molar-refractivity contribution in [3.63, 3.8) is 0 Å². The summed E-state index contributed by atoms with van der Waals surface area (Å²) in [5.74, 6) is 1.57. The summed E-state index contributed by atoms with van der Waals surface area (Å²) in [6.45, 7) is 5.95. The van der Waals surface area contributed by atoms with Crippen LogP contribution in [0.3, 0.4) is 0 Å². The molecule has 1 N–H and O–H groups in total. The molecule has 0 aromatic carbocycles. The smallest absolute Gasteiger partial charge is 0.267 e. The highest BCUT2D eigenvalue weighted by Gasteiger charge is 2.25. The highest BCUT2D eigenvalue weighted by Crippen LogP contribution is 2.30. The zero-order chi connectivity index (χ0) is 18.3. The molecule has 0 bridgehead atoms. The molecule has 0 radical (unpaired) electrons. The number of hydrogen-bond acceptors (Lipinski definition) is 6. The van der Waals surface area contributed by atoms with Crippen molar-refractivity contribution >= 4 is 11.6 Å². The van der Waals surface area contributed by atoms with Gasteiger partial charge in [-0.3, -0.25) is 4.79 Å². The second-order valence-corrected chi connectivity index (χ2v) is 7.05. The number of fused-ring (bicyclic) bond motifs is 1. The molecule has 4 rings (SSSR count). The first-order valence-corrected chi connectivity index (χ1v) is 9.03. The third-order valence-corrected chi connectivity index (χ3v) is 5.25. The van der Waals surface area contributed by atoms with Gasteiger partial charge in [0, 0.05) is 23.4 Å². The van der Waals surface area contributed by atoms with Crippen molar-refractivity contribution in [1.29, 1.82) is 0 Å². The fourth-order valence-corrected chi connectivity index (χ4v) is 3.64. The van der Waals surface area contributed by atoms with Gasteiger partial charge in [0.15, 0.2) is 0 Å². The van der Waals surface area contributed by atoms with Crippen LogP contribution in [0.2, 0.25) is 0 Å². The lowest BCUT2D eigenvalue weighted by atomic mass is 9.91. The van der Waals surface area contributed by atoms with E-state index in [0.29, 0.717) is 11.8 Å². The SMILES string of the molecule is Cc1ccc(=O)n(C2CCC(Nc3c(C)c(C)nc4ncnn34)CC2)n1. The van der Waals surface area contributed by atoms with E-state index in [-0.39, 0.29) is 11.6 Å². The van der Waals surface area contributed by atoms with Gasteiger partial charge in [0.05, 0.1) is 11.7 Å². The number of aromatic nitrogens is 6. The summed E-state index contributed by atoms with van der Waals surface area (Å²) in [5, 5.41) is 12.3. The van der Waals surface area contributed by atoms with Crippen LogP contribution in [-0.2, 0) is 0 Å². The molecule has 1 aliphatic rings. The summed E-state index contributed by atoms with van der Waals surface area (Å²) in [7, 11) is 0. The molecule has 136 valence electrons. The van der Waals surface area contributed by atoms with Crippen molar-refractivity contribution in [3.8, 4) is 0 Å². The zero-order valence-electron chi connectivity index (χ0n) is 15.3. The molecule has 8 nitrogen and oxygen atoms in total. The average molecular weight is 353 g/mol. The van der Waals surface area contributed by atoms with Crippen molar-refractivity contribution in [2.24, 2.45) is 0 Å². The number of nitrogens with zero attached hydrogens (tertiary/aromatic N) is 6. The minimum Gasteiger partial charge on any atom is -0.367 e. The average Bonchev–Trinajstić information content (AvgIpc) is 3.09. The second kappa shape index (κ2) is 6.51. The van der Waals surface area contributed by atoms with Gasteiger partial charge in [0.25, 0.3) is 11.3 Å². The molecule has 1 fully saturated rings. The van der Waals surface area contributed by atoms with Crippen molar-refractivity contribution in [2.45, 2.75) is 58.5 Å². The first-order valence-electron chi connectivity index (χ1n) is 9.03. The van der Waals surface area contributed by atoms with Crippen molar-refractivity contribution in [3.05, 3.63) is 45.8 Å². The van der Waals surface area contributed by atoms with Crippen molar-refractivity contribution in [2.75, 3.05) is 5.32 Å². The van der Waals surface area contributed by atoms with E-state index >= 15 is 0 Å². The highest BCUT2D eigenvalue weighted by atomic mass is 16.1. The molecule has 0 saturated heterocycles. The predicted molar refractivity (Wildman–Crippen MR) is 98.4 cm³/mol. The Hall–Kier alpha value is -2.77. The number of aryl methyl sites for hydroxylation is 2. The third-order valence-electron chi connectivity index (χ3n) is 5.25. The maximum Gasteiger partial charge on any atom is 0.267 e. The Kier molecular flexibility index (Phi) is 4.18. The molecule has 0 atom stereocenters. The first kappa shape index (κ1) is 16.7. The summed E-state index contributed by atoms with van der Waals surface area (Å²) >= 11 is 0. The quantitative estimate of drug-likeness (QED) is 0.776. The van der Waals surface area contributed by atoms with Crippen LogP contribution >= 0.6 is 0 Å². The maximum atomic E-state index is 12.1. The lowest BCUT2D eigenvalue weighted by Crippen LogP contribution is -2.33. The van der Waals surface area contributed by atoms with Crippen LogP contribution in [0.5, 0.6) is 0 Å². The lowest BCUT2D eigenvalue weighted by Gasteiger charge is -2.30. The minimum absolute atomic E-state index is 0.0167. The van der Waals surface area contributed by atoms with E-state index in [1.165, 1.54) is 6.33 Å². The maximum absolute atomic E-state index is 12.1. The molecule has 0 unspecified atom stereocenters. The molecule has 0 aliphatic heterocycles. The molecule has 3 heterocycles. The summed E-state index contributed by atoms with van der Waals surface area (Å²) in [4.78, 5) is 20.8. The number of rotatable bonds is 3. The van der Waals surface area contributed by atoms with Crippen LogP contribution < -0.4 is 10.9 Å². The van der Waals surface area contributed by atoms with Crippen LogP contribution in [0.25, 0.3) is 5.78 Å². The zero-order valence-corrected chi connectivity index (χ0v) is 15.3. The minimum atomic E-state index is -0.0167.